The smallest absolute Gasteiger partial charge is 0.421 e. The molecule has 1 aliphatic carbocycles. The molecule has 0 bridgehead atoms. The second-order valence-electron chi connectivity index (χ2n) is 7.91. The Kier molecular flexibility index (Phi) is 8.05. The van der Waals surface area contributed by atoms with Crippen molar-refractivity contribution in [1.29, 1.82) is 0 Å². The maximum absolute atomic E-state index is 13.5. The standard InChI is InChI=1S/C21H23Cl2F3N4O2/c22-16-7-6-14(9-17(16)23)29-20-28-11-15(21(24,25)26)19(30-20)27-10-13-3-1-12(2-4-13)5-8-18(31)32/h6-7,9,11-13H,1-5,8,10H2,(H,31,32)(H2,27,28,29,30). The van der Waals surface area contributed by atoms with E-state index in [9.17, 15) is 18.0 Å². The van der Waals surface area contributed by atoms with Crippen molar-refractivity contribution in [3.05, 3.63) is 40.0 Å². The number of halogens is 5. The van der Waals surface area contributed by atoms with Crippen LogP contribution in [0.25, 0.3) is 0 Å². The van der Waals surface area contributed by atoms with Gasteiger partial charge in [-0.3, -0.25) is 4.79 Å². The molecule has 1 saturated carbocycles. The van der Waals surface area contributed by atoms with E-state index in [2.05, 4.69) is 20.6 Å². The summed E-state index contributed by atoms with van der Waals surface area (Å²) >= 11 is 11.9. The van der Waals surface area contributed by atoms with E-state index in [-0.39, 0.29) is 24.1 Å². The lowest BCUT2D eigenvalue weighted by Crippen LogP contribution is -2.23. The van der Waals surface area contributed by atoms with Gasteiger partial charge in [-0.25, -0.2) is 4.98 Å². The van der Waals surface area contributed by atoms with Crippen LogP contribution in [0.1, 0.15) is 44.1 Å². The third kappa shape index (κ3) is 6.87. The lowest BCUT2D eigenvalue weighted by Gasteiger charge is -2.28. The summed E-state index contributed by atoms with van der Waals surface area (Å²) in [5.41, 5.74) is -0.447. The van der Waals surface area contributed by atoms with Crippen LogP contribution in [0.3, 0.4) is 0 Å². The van der Waals surface area contributed by atoms with E-state index >= 15 is 0 Å². The van der Waals surface area contributed by atoms with Gasteiger partial charge in [0.15, 0.2) is 0 Å². The molecule has 0 spiro atoms. The number of anilines is 3. The zero-order chi connectivity index (χ0) is 23.3. The third-order valence-corrected chi connectivity index (χ3v) is 6.30. The number of nitrogens with zero attached hydrogens (tertiary/aromatic N) is 2. The first kappa shape index (κ1) is 24.4. The Morgan fingerprint density at radius 2 is 1.81 bits per heavy atom. The fraction of sp³-hybridized carbons (Fsp3) is 0.476. The minimum Gasteiger partial charge on any atom is -0.481 e. The molecular weight excluding hydrogens is 468 g/mol. The molecule has 0 unspecified atom stereocenters. The van der Waals surface area contributed by atoms with Gasteiger partial charge in [-0.1, -0.05) is 36.0 Å². The van der Waals surface area contributed by atoms with Gasteiger partial charge < -0.3 is 15.7 Å². The molecular formula is C21H23Cl2F3N4O2. The molecule has 3 N–H and O–H groups in total. The van der Waals surface area contributed by atoms with Crippen molar-refractivity contribution >= 4 is 46.6 Å². The molecule has 6 nitrogen and oxygen atoms in total. The van der Waals surface area contributed by atoms with Crippen LogP contribution in [0, 0.1) is 11.8 Å². The molecule has 1 aliphatic rings. The van der Waals surface area contributed by atoms with Gasteiger partial charge in [-0.2, -0.15) is 18.2 Å². The van der Waals surface area contributed by atoms with E-state index in [0.717, 1.165) is 31.9 Å². The van der Waals surface area contributed by atoms with Crippen molar-refractivity contribution in [2.75, 3.05) is 17.2 Å². The Balaban J connectivity index is 1.65. The Morgan fingerprint density at radius 1 is 1.12 bits per heavy atom. The van der Waals surface area contributed by atoms with Crippen molar-refractivity contribution < 1.29 is 23.1 Å². The van der Waals surface area contributed by atoms with E-state index in [1.165, 1.54) is 6.07 Å². The maximum Gasteiger partial charge on any atom is 0.421 e. The molecule has 11 heteroatoms. The number of carboxylic acids is 1. The van der Waals surface area contributed by atoms with Crippen molar-refractivity contribution in [2.45, 2.75) is 44.7 Å². The Hall–Kier alpha value is -2.26. The van der Waals surface area contributed by atoms with E-state index in [1.54, 1.807) is 12.1 Å². The number of rotatable bonds is 8. The average molecular weight is 491 g/mol. The van der Waals surface area contributed by atoms with Crippen LogP contribution in [-0.4, -0.2) is 27.6 Å². The van der Waals surface area contributed by atoms with Gasteiger partial charge in [0.2, 0.25) is 5.95 Å². The number of hydrogen-bond donors (Lipinski definition) is 3. The van der Waals surface area contributed by atoms with Crippen molar-refractivity contribution in [3.8, 4) is 0 Å². The number of aromatic nitrogens is 2. The molecule has 0 amide bonds. The van der Waals surface area contributed by atoms with Crippen LogP contribution in [0.2, 0.25) is 10.0 Å². The number of nitrogens with one attached hydrogen (secondary N) is 2. The first-order valence-electron chi connectivity index (χ1n) is 10.2. The summed E-state index contributed by atoms with van der Waals surface area (Å²) in [5, 5.41) is 15.1. The highest BCUT2D eigenvalue weighted by atomic mass is 35.5. The normalized spacial score (nSPS) is 18.9. The first-order chi connectivity index (χ1) is 15.1. The number of hydrogen-bond acceptors (Lipinski definition) is 5. The average Bonchev–Trinajstić information content (AvgIpc) is 2.73. The molecule has 174 valence electrons. The maximum atomic E-state index is 13.5. The monoisotopic (exact) mass is 490 g/mol. The highest BCUT2D eigenvalue weighted by molar-refractivity contribution is 6.42. The van der Waals surface area contributed by atoms with Gasteiger partial charge >= 0.3 is 12.1 Å². The van der Waals surface area contributed by atoms with Crippen LogP contribution in [0.15, 0.2) is 24.4 Å². The van der Waals surface area contributed by atoms with Crippen LogP contribution >= 0.6 is 23.2 Å². The fourth-order valence-corrected chi connectivity index (χ4v) is 4.08. The number of carboxylic acid groups (broad SMARTS) is 1. The molecule has 0 aliphatic heterocycles. The van der Waals surface area contributed by atoms with Gasteiger partial charge in [0.05, 0.1) is 10.0 Å². The number of aliphatic carboxylic acids is 1. The predicted molar refractivity (Wildman–Crippen MR) is 118 cm³/mol. The van der Waals surface area contributed by atoms with E-state index in [0.29, 0.717) is 34.6 Å². The van der Waals surface area contributed by atoms with Crippen LogP contribution in [0.4, 0.5) is 30.6 Å². The fourth-order valence-electron chi connectivity index (χ4n) is 3.78. The molecule has 2 aromatic rings. The summed E-state index contributed by atoms with van der Waals surface area (Å²) in [7, 11) is 0. The van der Waals surface area contributed by atoms with Crippen molar-refractivity contribution in [1.82, 2.24) is 9.97 Å². The highest BCUT2D eigenvalue weighted by Crippen LogP contribution is 2.36. The quantitative estimate of drug-likeness (QED) is 0.384. The molecule has 0 atom stereocenters. The molecule has 32 heavy (non-hydrogen) atoms. The minimum absolute atomic E-state index is 0.00346. The first-order valence-corrected chi connectivity index (χ1v) is 11.0. The van der Waals surface area contributed by atoms with Gasteiger partial charge in [-0.15, -0.1) is 0 Å². The molecule has 0 radical (unpaired) electrons. The summed E-state index contributed by atoms with van der Waals surface area (Å²) in [4.78, 5) is 18.5. The summed E-state index contributed by atoms with van der Waals surface area (Å²) in [6.07, 6.45) is 0.355. The zero-order valence-corrected chi connectivity index (χ0v) is 18.6. The van der Waals surface area contributed by atoms with E-state index in [4.69, 9.17) is 28.3 Å². The summed E-state index contributed by atoms with van der Waals surface area (Å²) in [6.45, 7) is 0.345. The van der Waals surface area contributed by atoms with E-state index < -0.39 is 17.7 Å². The lowest BCUT2D eigenvalue weighted by atomic mass is 9.80. The SMILES string of the molecule is O=C(O)CCC1CCC(CNc2nc(Nc3ccc(Cl)c(Cl)c3)ncc2C(F)(F)F)CC1. The molecule has 1 aromatic carbocycles. The molecule has 3 rings (SSSR count). The Morgan fingerprint density at radius 3 is 2.44 bits per heavy atom. The lowest BCUT2D eigenvalue weighted by molar-refractivity contribution is -0.138. The second kappa shape index (κ2) is 10.6. The molecule has 1 fully saturated rings. The number of alkyl halides is 3. The Bertz CT molecular complexity index is 951. The Labute approximate surface area is 193 Å². The van der Waals surface area contributed by atoms with Crippen molar-refractivity contribution in [3.63, 3.8) is 0 Å². The van der Waals surface area contributed by atoms with Crippen LogP contribution < -0.4 is 10.6 Å². The van der Waals surface area contributed by atoms with Crippen molar-refractivity contribution in [2.24, 2.45) is 11.8 Å². The largest absolute Gasteiger partial charge is 0.481 e. The second-order valence-corrected chi connectivity index (χ2v) is 8.72. The van der Waals surface area contributed by atoms with Gasteiger partial charge in [-0.05, 0) is 49.3 Å². The summed E-state index contributed by atoms with van der Waals surface area (Å²) < 4.78 is 40.4. The molecule has 1 heterocycles. The topological polar surface area (TPSA) is 87.1 Å². The zero-order valence-electron chi connectivity index (χ0n) is 17.1. The van der Waals surface area contributed by atoms with E-state index in [1.807, 2.05) is 0 Å². The van der Waals surface area contributed by atoms with Gasteiger partial charge in [0, 0.05) is 24.8 Å². The number of benzene rings is 1. The predicted octanol–water partition coefficient (Wildman–Crippen LogP) is 6.63. The number of carbonyl (C=O) groups is 1. The summed E-state index contributed by atoms with van der Waals surface area (Å²) in [6, 6.07) is 4.70. The van der Waals surface area contributed by atoms with Gasteiger partial charge in [0.1, 0.15) is 11.4 Å². The minimum atomic E-state index is -4.60. The van der Waals surface area contributed by atoms with Crippen LogP contribution in [0.5, 0.6) is 0 Å². The highest BCUT2D eigenvalue weighted by Gasteiger charge is 2.35. The van der Waals surface area contributed by atoms with Crippen LogP contribution in [-0.2, 0) is 11.0 Å². The summed E-state index contributed by atoms with van der Waals surface area (Å²) in [5.74, 6) is -0.547. The molecule has 0 saturated heterocycles. The third-order valence-electron chi connectivity index (χ3n) is 5.56. The molecule has 1 aromatic heterocycles. The van der Waals surface area contributed by atoms with Gasteiger partial charge in [0.25, 0.3) is 0 Å².